The number of carbonyl (C=O) groups excluding carboxylic acids is 1. The number of amides is 1. The van der Waals surface area contributed by atoms with Gasteiger partial charge < -0.3 is 4.90 Å². The van der Waals surface area contributed by atoms with Crippen molar-refractivity contribution in [2.24, 2.45) is 0 Å². The molecule has 0 saturated carbocycles. The van der Waals surface area contributed by atoms with Gasteiger partial charge in [0, 0.05) is 18.7 Å². The molecule has 0 heterocycles. The summed E-state index contributed by atoms with van der Waals surface area (Å²) in [5.74, 6) is 1.67. The highest BCUT2D eigenvalue weighted by molar-refractivity contribution is 6.23. The monoisotopic (exact) mass is 238 g/mol. The van der Waals surface area contributed by atoms with Gasteiger partial charge in [-0.3, -0.25) is 4.79 Å². The Kier molecular flexibility index (Phi) is 5.33. The third kappa shape index (κ3) is 3.24. The summed E-state index contributed by atoms with van der Waals surface area (Å²) < 4.78 is 0. The maximum absolute atomic E-state index is 12.0. The number of carbonyl (C=O) groups is 1. The minimum atomic E-state index is 0.0893. The van der Waals surface area contributed by atoms with E-state index in [1.807, 2.05) is 43.0 Å². The van der Waals surface area contributed by atoms with Crippen molar-refractivity contribution >= 4 is 17.5 Å². The molecule has 0 bridgehead atoms. The molecule has 1 rings (SSSR count). The summed E-state index contributed by atoms with van der Waals surface area (Å²) >= 11 is 5.53. The number of nitrogens with zero attached hydrogens (tertiary/aromatic N) is 1. The molecule has 0 unspecified atom stereocenters. The minimum Gasteiger partial charge on any atom is -0.339 e. The lowest BCUT2D eigenvalue weighted by Crippen LogP contribution is -2.30. The molecule has 0 fully saturated rings. The molecule has 87 valence electrons. The van der Waals surface area contributed by atoms with Gasteiger partial charge in [-0.25, -0.2) is 0 Å². The zero-order chi connectivity index (χ0) is 12.0. The van der Waals surface area contributed by atoms with Crippen LogP contribution in [0.3, 0.4) is 0 Å². The van der Waals surface area contributed by atoms with E-state index in [-0.39, 0.29) is 5.91 Å². The number of hydrogen-bond acceptors (Lipinski definition) is 1. The molecule has 0 aliphatic carbocycles. The van der Waals surface area contributed by atoms with Crippen molar-refractivity contribution in [3.63, 3.8) is 0 Å². The van der Waals surface area contributed by atoms with Crippen LogP contribution in [-0.4, -0.2) is 23.9 Å². The lowest BCUT2D eigenvalue weighted by molar-refractivity contribution is 0.0773. The summed E-state index contributed by atoms with van der Waals surface area (Å²) in [6.45, 7) is 5.45. The maximum Gasteiger partial charge on any atom is 0.253 e. The standard InChI is InChI=1S/C13H17ClNO/c1-3-15(4-2)13(16)12-7-5-11(6-8-12)9-10-14/h5-8,10H,3-4,9H2,1-2H3. The SMILES string of the molecule is CCN(CC)C(=O)c1ccc(C[CH]Cl)cc1. The van der Waals surface area contributed by atoms with Gasteiger partial charge in [0.1, 0.15) is 0 Å². The number of hydrogen-bond donors (Lipinski definition) is 0. The van der Waals surface area contributed by atoms with E-state index in [1.165, 1.54) is 0 Å². The molecule has 0 aliphatic heterocycles. The number of benzene rings is 1. The van der Waals surface area contributed by atoms with E-state index in [0.29, 0.717) is 0 Å². The van der Waals surface area contributed by atoms with Gasteiger partial charge in [0.05, 0.1) is 5.88 Å². The first-order chi connectivity index (χ1) is 7.72. The summed E-state index contributed by atoms with van der Waals surface area (Å²) in [4.78, 5) is 13.8. The van der Waals surface area contributed by atoms with Crippen LogP contribution in [0.15, 0.2) is 24.3 Å². The highest BCUT2D eigenvalue weighted by atomic mass is 35.5. The van der Waals surface area contributed by atoms with Gasteiger partial charge in [0.2, 0.25) is 0 Å². The summed E-state index contributed by atoms with van der Waals surface area (Å²) in [5.41, 5.74) is 1.85. The van der Waals surface area contributed by atoms with Crippen LogP contribution in [0.4, 0.5) is 0 Å². The number of rotatable bonds is 5. The fraction of sp³-hybridized carbons (Fsp3) is 0.385. The van der Waals surface area contributed by atoms with Crippen LogP contribution in [0.2, 0.25) is 0 Å². The largest absolute Gasteiger partial charge is 0.339 e. The van der Waals surface area contributed by atoms with Gasteiger partial charge in [-0.05, 0) is 38.0 Å². The van der Waals surface area contributed by atoms with Gasteiger partial charge in [0.15, 0.2) is 0 Å². The number of halogens is 1. The van der Waals surface area contributed by atoms with E-state index >= 15 is 0 Å². The van der Waals surface area contributed by atoms with E-state index in [4.69, 9.17) is 11.6 Å². The molecule has 0 spiro atoms. The zero-order valence-electron chi connectivity index (χ0n) is 9.74. The normalized spacial score (nSPS) is 10.2. The third-order valence-electron chi connectivity index (χ3n) is 2.56. The summed E-state index contributed by atoms with van der Waals surface area (Å²) in [6, 6.07) is 7.60. The maximum atomic E-state index is 12.0. The van der Waals surface area contributed by atoms with Crippen molar-refractivity contribution in [2.75, 3.05) is 13.1 Å². The van der Waals surface area contributed by atoms with Crippen LogP contribution >= 0.6 is 11.6 Å². The Morgan fingerprint density at radius 2 is 1.81 bits per heavy atom. The molecule has 1 aromatic carbocycles. The zero-order valence-corrected chi connectivity index (χ0v) is 10.5. The fourth-order valence-electron chi connectivity index (χ4n) is 1.57. The van der Waals surface area contributed by atoms with Gasteiger partial charge in [-0.15, -0.1) is 11.6 Å². The Morgan fingerprint density at radius 3 is 2.25 bits per heavy atom. The Labute approximate surface area is 102 Å². The van der Waals surface area contributed by atoms with Crippen LogP contribution in [0.1, 0.15) is 29.8 Å². The Balaban J connectivity index is 2.76. The van der Waals surface area contributed by atoms with Gasteiger partial charge in [-0.1, -0.05) is 12.1 Å². The van der Waals surface area contributed by atoms with Gasteiger partial charge >= 0.3 is 0 Å². The van der Waals surface area contributed by atoms with Crippen molar-refractivity contribution in [1.29, 1.82) is 0 Å². The lowest BCUT2D eigenvalue weighted by Gasteiger charge is -2.18. The van der Waals surface area contributed by atoms with Gasteiger partial charge in [-0.2, -0.15) is 0 Å². The molecule has 1 radical (unpaired) electrons. The first-order valence-corrected chi connectivity index (χ1v) is 5.96. The average Bonchev–Trinajstić information content (AvgIpc) is 2.32. The molecule has 2 nitrogen and oxygen atoms in total. The molecule has 0 aliphatic rings. The highest BCUT2D eigenvalue weighted by Gasteiger charge is 2.11. The van der Waals surface area contributed by atoms with E-state index in [2.05, 4.69) is 0 Å². The van der Waals surface area contributed by atoms with Crippen LogP contribution in [0, 0.1) is 5.88 Å². The highest BCUT2D eigenvalue weighted by Crippen LogP contribution is 2.09. The molecule has 0 atom stereocenters. The smallest absolute Gasteiger partial charge is 0.253 e. The predicted octanol–water partition coefficient (Wildman–Crippen LogP) is 3.11. The quantitative estimate of drug-likeness (QED) is 0.772. The molecule has 3 heteroatoms. The summed E-state index contributed by atoms with van der Waals surface area (Å²) in [7, 11) is 0. The van der Waals surface area contributed by atoms with Crippen LogP contribution in [-0.2, 0) is 6.42 Å². The Morgan fingerprint density at radius 1 is 1.25 bits per heavy atom. The fourth-order valence-corrected chi connectivity index (χ4v) is 1.74. The molecule has 16 heavy (non-hydrogen) atoms. The molecular weight excluding hydrogens is 222 g/mol. The van der Waals surface area contributed by atoms with E-state index < -0.39 is 0 Å². The molecule has 1 amide bonds. The molecule has 0 N–H and O–H groups in total. The van der Waals surface area contributed by atoms with Crippen molar-refractivity contribution in [3.05, 3.63) is 41.3 Å². The van der Waals surface area contributed by atoms with Crippen molar-refractivity contribution in [2.45, 2.75) is 20.3 Å². The molecular formula is C13H17ClNO. The lowest BCUT2D eigenvalue weighted by atomic mass is 10.1. The Hall–Kier alpha value is -1.02. The minimum absolute atomic E-state index is 0.0893. The van der Waals surface area contributed by atoms with E-state index in [1.54, 1.807) is 5.88 Å². The first kappa shape index (κ1) is 13.0. The molecule has 0 aromatic heterocycles. The van der Waals surface area contributed by atoms with E-state index in [0.717, 1.165) is 30.6 Å². The average molecular weight is 239 g/mol. The topological polar surface area (TPSA) is 20.3 Å². The van der Waals surface area contributed by atoms with Crippen molar-refractivity contribution < 1.29 is 4.79 Å². The van der Waals surface area contributed by atoms with Gasteiger partial charge in [0.25, 0.3) is 5.91 Å². The van der Waals surface area contributed by atoms with E-state index in [9.17, 15) is 4.79 Å². The van der Waals surface area contributed by atoms with Crippen LogP contribution < -0.4 is 0 Å². The van der Waals surface area contributed by atoms with Crippen molar-refractivity contribution in [3.8, 4) is 0 Å². The summed E-state index contributed by atoms with van der Waals surface area (Å²) in [6.07, 6.45) is 0.724. The Bertz CT molecular complexity index is 330. The van der Waals surface area contributed by atoms with Crippen molar-refractivity contribution in [1.82, 2.24) is 4.90 Å². The molecule has 0 saturated heterocycles. The second-order valence-corrected chi connectivity index (χ2v) is 3.84. The predicted molar refractivity (Wildman–Crippen MR) is 67.6 cm³/mol. The summed E-state index contributed by atoms with van der Waals surface area (Å²) in [5, 5.41) is 0. The second kappa shape index (κ2) is 6.54. The first-order valence-electron chi connectivity index (χ1n) is 5.53. The molecule has 1 aromatic rings. The van der Waals surface area contributed by atoms with Crippen LogP contribution in [0.5, 0.6) is 0 Å². The van der Waals surface area contributed by atoms with Crippen LogP contribution in [0.25, 0.3) is 0 Å². The second-order valence-electron chi connectivity index (χ2n) is 3.53. The third-order valence-corrected chi connectivity index (χ3v) is 2.72.